The number of hydrogen-bond acceptors (Lipinski definition) is 1. The van der Waals surface area contributed by atoms with E-state index in [2.05, 4.69) is 146 Å². The van der Waals surface area contributed by atoms with Crippen LogP contribution in [-0.4, -0.2) is 31.4 Å². The summed E-state index contributed by atoms with van der Waals surface area (Å²) < 4.78 is 6.54. The lowest BCUT2D eigenvalue weighted by atomic mass is 9.62. The van der Waals surface area contributed by atoms with Crippen molar-refractivity contribution in [2.45, 2.75) is 0 Å². The first-order chi connectivity index (χ1) is 26.0. The van der Waals surface area contributed by atoms with Crippen LogP contribution in [0, 0.1) is 0 Å². The number of hydrogen-bond donors (Lipinski definition) is 0. The van der Waals surface area contributed by atoms with Gasteiger partial charge in [0.1, 0.15) is 42.7 Å². The summed E-state index contributed by atoms with van der Waals surface area (Å²) in [7, 11) is 27.3. The Morgan fingerprint density at radius 2 is 0.830 bits per heavy atom. The third-order valence-corrected chi connectivity index (χ3v) is 10.8. The third-order valence-electron chi connectivity index (χ3n) is 10.8. The average molecular weight is 662 g/mol. The largest absolute Gasteiger partial charge is 0.456 e. The van der Waals surface area contributed by atoms with Gasteiger partial charge >= 0.3 is 0 Å². The second-order valence-corrected chi connectivity index (χ2v) is 13.7. The van der Waals surface area contributed by atoms with Crippen LogP contribution in [0.5, 0.6) is 0 Å². The molecule has 0 spiro atoms. The Hall–Kier alpha value is -6.18. The van der Waals surface area contributed by atoms with E-state index in [4.69, 9.17) is 35.8 Å². The third kappa shape index (κ3) is 4.84. The Bertz CT molecular complexity index is 3110. The summed E-state index contributed by atoms with van der Waals surface area (Å²) >= 11 is 0. The number of fused-ring (bicyclic) bond motifs is 5. The van der Waals surface area contributed by atoms with E-state index in [-0.39, 0.29) is 5.46 Å². The zero-order valence-electron chi connectivity index (χ0n) is 28.7. The van der Waals surface area contributed by atoms with E-state index >= 15 is 0 Å². The Morgan fingerprint density at radius 3 is 1.53 bits per heavy atom. The molecule has 1 aromatic heterocycles. The maximum atomic E-state index is 7.02. The standard InChI is InChI=1S/C48H26B4O/c49-45-43-41(36-19-5-6-20-37(36)42(44(43)46(50)48(52)47(45)51)35-23-9-14-28-12-2-4-18-32(28)35)30-16-7-15-29(25-30)33-21-10-24-39-38(33)26-40(53-39)34-22-8-13-27-11-1-3-17-31(27)34/h1-26H. The zero-order valence-corrected chi connectivity index (χ0v) is 28.7. The Labute approximate surface area is 312 Å². The summed E-state index contributed by atoms with van der Waals surface area (Å²) in [6.45, 7) is 0. The molecule has 0 bridgehead atoms. The van der Waals surface area contributed by atoms with Crippen molar-refractivity contribution < 1.29 is 4.42 Å². The van der Waals surface area contributed by atoms with Gasteiger partial charge in [-0.15, -0.1) is 10.9 Å². The van der Waals surface area contributed by atoms with Gasteiger partial charge in [0, 0.05) is 10.9 Å². The summed E-state index contributed by atoms with van der Waals surface area (Å²) in [5, 5.41) is 9.26. The van der Waals surface area contributed by atoms with Gasteiger partial charge in [-0.2, -0.15) is 0 Å². The van der Waals surface area contributed by atoms with Gasteiger partial charge in [-0.3, -0.25) is 0 Å². The van der Waals surface area contributed by atoms with E-state index in [1.54, 1.807) is 0 Å². The molecule has 0 saturated carbocycles. The highest BCUT2D eigenvalue weighted by Gasteiger charge is 2.23. The first-order valence-electron chi connectivity index (χ1n) is 17.7. The zero-order chi connectivity index (χ0) is 35.8. The van der Waals surface area contributed by atoms with E-state index in [0.29, 0.717) is 16.4 Å². The molecule has 53 heavy (non-hydrogen) atoms. The van der Waals surface area contributed by atoms with Gasteiger partial charge in [-0.1, -0.05) is 150 Å². The molecule has 10 rings (SSSR count). The summed E-state index contributed by atoms with van der Waals surface area (Å²) in [4.78, 5) is 0. The highest BCUT2D eigenvalue weighted by atomic mass is 16.3. The highest BCUT2D eigenvalue weighted by molar-refractivity contribution is 6.68. The molecule has 10 aromatic rings. The molecule has 1 heterocycles. The Kier molecular flexibility index (Phi) is 7.27. The molecular weight excluding hydrogens is 636 g/mol. The van der Waals surface area contributed by atoms with Gasteiger partial charge in [0.25, 0.3) is 0 Å². The molecule has 1 nitrogen and oxygen atoms in total. The van der Waals surface area contributed by atoms with E-state index in [1.807, 2.05) is 12.1 Å². The second-order valence-electron chi connectivity index (χ2n) is 13.7. The lowest BCUT2D eigenvalue weighted by Gasteiger charge is -2.25. The molecule has 0 fully saturated rings. The topological polar surface area (TPSA) is 13.1 Å². The van der Waals surface area contributed by atoms with Gasteiger partial charge in [0.05, 0.1) is 0 Å². The van der Waals surface area contributed by atoms with Crippen LogP contribution in [0.3, 0.4) is 0 Å². The van der Waals surface area contributed by atoms with E-state index in [9.17, 15) is 0 Å². The summed E-state index contributed by atoms with van der Waals surface area (Å²) in [6, 6.07) is 54.9. The summed E-state index contributed by atoms with van der Waals surface area (Å²) in [5.41, 5.74) is 9.38. The van der Waals surface area contributed by atoms with Crippen molar-refractivity contribution in [2.75, 3.05) is 0 Å². The van der Waals surface area contributed by atoms with Crippen molar-refractivity contribution in [1.82, 2.24) is 0 Å². The lowest BCUT2D eigenvalue weighted by Crippen LogP contribution is -2.48. The predicted molar refractivity (Wildman–Crippen MR) is 230 cm³/mol. The molecule has 0 aliphatic heterocycles. The molecule has 0 aliphatic carbocycles. The highest BCUT2D eigenvalue weighted by Crippen LogP contribution is 2.45. The van der Waals surface area contributed by atoms with Crippen LogP contribution < -0.4 is 21.9 Å². The number of benzene rings is 9. The van der Waals surface area contributed by atoms with Gasteiger partial charge in [-0.05, 0) is 94.7 Å². The average Bonchev–Trinajstić information content (AvgIpc) is 3.65. The Balaban J connectivity index is 1.25. The van der Waals surface area contributed by atoms with Crippen molar-refractivity contribution in [2.24, 2.45) is 0 Å². The molecule has 0 amide bonds. The van der Waals surface area contributed by atoms with Crippen molar-refractivity contribution in [3.8, 4) is 44.7 Å². The summed E-state index contributed by atoms with van der Waals surface area (Å²) in [6.07, 6.45) is 0. The van der Waals surface area contributed by atoms with Crippen molar-refractivity contribution in [3.63, 3.8) is 0 Å². The first kappa shape index (κ1) is 31.5. The van der Waals surface area contributed by atoms with Crippen LogP contribution in [0.1, 0.15) is 0 Å². The minimum absolute atomic E-state index is 0.288. The molecule has 236 valence electrons. The van der Waals surface area contributed by atoms with E-state index in [0.717, 1.165) is 93.4 Å². The molecule has 8 radical (unpaired) electrons. The predicted octanol–water partition coefficient (Wildman–Crippen LogP) is 8.89. The molecule has 0 unspecified atom stereocenters. The molecule has 0 saturated heterocycles. The van der Waals surface area contributed by atoms with Crippen LogP contribution in [0.25, 0.3) is 98.8 Å². The molecule has 0 atom stereocenters. The smallest absolute Gasteiger partial charge is 0.136 e. The molecule has 0 aliphatic rings. The minimum Gasteiger partial charge on any atom is -0.456 e. The van der Waals surface area contributed by atoms with E-state index < -0.39 is 0 Å². The fourth-order valence-corrected chi connectivity index (χ4v) is 8.29. The van der Waals surface area contributed by atoms with Crippen LogP contribution in [0.15, 0.2) is 162 Å². The van der Waals surface area contributed by atoms with Crippen molar-refractivity contribution in [3.05, 3.63) is 158 Å². The monoisotopic (exact) mass is 662 g/mol. The normalized spacial score (nSPS) is 11.7. The van der Waals surface area contributed by atoms with Crippen molar-refractivity contribution >= 4 is 107 Å². The molecule has 9 aromatic carbocycles. The van der Waals surface area contributed by atoms with Crippen LogP contribution in [-0.2, 0) is 0 Å². The van der Waals surface area contributed by atoms with Crippen LogP contribution in [0.2, 0.25) is 0 Å². The first-order valence-corrected chi connectivity index (χ1v) is 17.7. The molecule has 0 N–H and O–H groups in total. The maximum Gasteiger partial charge on any atom is 0.136 e. The van der Waals surface area contributed by atoms with Gasteiger partial charge < -0.3 is 4.42 Å². The number of rotatable bonds is 4. The van der Waals surface area contributed by atoms with Gasteiger partial charge in [0.15, 0.2) is 0 Å². The minimum atomic E-state index is 0.288. The fourth-order valence-electron chi connectivity index (χ4n) is 8.29. The Morgan fingerprint density at radius 1 is 0.340 bits per heavy atom. The lowest BCUT2D eigenvalue weighted by molar-refractivity contribution is 0.632. The van der Waals surface area contributed by atoms with E-state index in [1.165, 1.54) is 5.39 Å². The number of furan rings is 1. The van der Waals surface area contributed by atoms with Crippen molar-refractivity contribution in [1.29, 1.82) is 0 Å². The molecule has 5 heteroatoms. The van der Waals surface area contributed by atoms with Gasteiger partial charge in [-0.25, -0.2) is 0 Å². The fraction of sp³-hybridized carbons (Fsp3) is 0. The van der Waals surface area contributed by atoms with Crippen LogP contribution in [0.4, 0.5) is 0 Å². The van der Waals surface area contributed by atoms with Gasteiger partial charge in [0.2, 0.25) is 0 Å². The molecular formula is C48H26B4O. The quantitative estimate of drug-likeness (QED) is 0.136. The maximum absolute atomic E-state index is 7.02. The SMILES string of the molecule is [B]c1c([B])c([B])c2c(-c3cccc4ccccc34)c3ccccc3c(-c3cccc(-c4cccc5oc(-c6cccc7ccccc67)cc45)c3)c2c1[B]. The second kappa shape index (κ2) is 12.2. The summed E-state index contributed by atoms with van der Waals surface area (Å²) in [5.74, 6) is 0.831. The van der Waals surface area contributed by atoms with Crippen LogP contribution >= 0.6 is 0 Å².